The number of carbonyl (C=O) groups is 1. The van der Waals surface area contributed by atoms with Gasteiger partial charge in [0.2, 0.25) is 15.9 Å². The number of hydrogen-bond acceptors (Lipinski definition) is 5. The summed E-state index contributed by atoms with van der Waals surface area (Å²) in [6, 6.07) is 6.86. The summed E-state index contributed by atoms with van der Waals surface area (Å²) >= 11 is 0. The Kier molecular flexibility index (Phi) is 6.13. The van der Waals surface area contributed by atoms with Gasteiger partial charge in [-0.3, -0.25) is 4.79 Å². The molecule has 1 aliphatic carbocycles. The Morgan fingerprint density at radius 3 is 2.14 bits per heavy atom. The van der Waals surface area contributed by atoms with Gasteiger partial charge in [0, 0.05) is 44.3 Å². The molecule has 1 amide bonds. The molecule has 0 unspecified atom stereocenters. The van der Waals surface area contributed by atoms with Crippen molar-refractivity contribution in [3.63, 3.8) is 0 Å². The van der Waals surface area contributed by atoms with Crippen LogP contribution in [0.25, 0.3) is 0 Å². The molecule has 29 heavy (non-hydrogen) atoms. The van der Waals surface area contributed by atoms with E-state index < -0.39 is 10.0 Å². The molecule has 0 spiro atoms. The average Bonchev–Trinajstić information content (AvgIpc) is 3.61. The van der Waals surface area contributed by atoms with Gasteiger partial charge < -0.3 is 14.4 Å². The van der Waals surface area contributed by atoms with E-state index >= 15 is 0 Å². The number of rotatable bonds is 6. The third-order valence-corrected chi connectivity index (χ3v) is 8.19. The molecular formula is C21H30N2O5S. The lowest BCUT2D eigenvalue weighted by Gasteiger charge is -2.43. The van der Waals surface area contributed by atoms with Gasteiger partial charge in [-0.25, -0.2) is 8.42 Å². The first-order valence-electron chi connectivity index (χ1n) is 10.5. The van der Waals surface area contributed by atoms with E-state index in [0.29, 0.717) is 44.9 Å². The zero-order chi connectivity index (χ0) is 20.4. The number of piperidine rings is 1. The number of methoxy groups -OCH3 is 1. The van der Waals surface area contributed by atoms with E-state index in [9.17, 15) is 13.2 Å². The minimum atomic E-state index is -3.53. The van der Waals surface area contributed by atoms with Crippen molar-refractivity contribution in [2.75, 3.05) is 33.4 Å². The summed E-state index contributed by atoms with van der Waals surface area (Å²) in [5.74, 6) is 1.08. The van der Waals surface area contributed by atoms with E-state index in [1.807, 2.05) is 0 Å². The van der Waals surface area contributed by atoms with Crippen molar-refractivity contribution in [3.8, 4) is 5.75 Å². The predicted molar refractivity (Wildman–Crippen MR) is 108 cm³/mol. The monoisotopic (exact) mass is 422 g/mol. The largest absolute Gasteiger partial charge is 0.497 e. The van der Waals surface area contributed by atoms with Crippen molar-refractivity contribution in [1.29, 1.82) is 0 Å². The Balaban J connectivity index is 1.44. The summed E-state index contributed by atoms with van der Waals surface area (Å²) in [7, 11) is -1.97. The molecular weight excluding hydrogens is 392 g/mol. The Hall–Kier alpha value is -1.64. The summed E-state index contributed by atoms with van der Waals surface area (Å²) in [5, 5.41) is 0. The normalized spacial score (nSPS) is 22.4. The van der Waals surface area contributed by atoms with Crippen molar-refractivity contribution in [2.45, 2.75) is 55.5 Å². The Bertz CT molecular complexity index is 808. The molecule has 1 saturated carbocycles. The first-order valence-corrected chi connectivity index (χ1v) is 12.0. The highest BCUT2D eigenvalue weighted by Gasteiger charge is 2.41. The van der Waals surface area contributed by atoms with Gasteiger partial charge >= 0.3 is 0 Å². The Morgan fingerprint density at radius 1 is 1.00 bits per heavy atom. The molecule has 1 aromatic carbocycles. The van der Waals surface area contributed by atoms with Crippen LogP contribution in [0.4, 0.5) is 0 Å². The van der Waals surface area contributed by atoms with Crippen LogP contribution in [0.2, 0.25) is 0 Å². The molecule has 4 rings (SSSR count). The maximum Gasteiger partial charge on any atom is 0.243 e. The van der Waals surface area contributed by atoms with Crippen molar-refractivity contribution in [3.05, 3.63) is 24.3 Å². The lowest BCUT2D eigenvalue weighted by Crippen LogP contribution is -2.54. The highest BCUT2D eigenvalue weighted by atomic mass is 32.2. The van der Waals surface area contributed by atoms with Crippen LogP contribution in [0.3, 0.4) is 0 Å². The second kappa shape index (κ2) is 8.62. The Labute approximate surface area is 173 Å². The molecule has 0 radical (unpaired) electrons. The summed E-state index contributed by atoms with van der Waals surface area (Å²) in [5.41, 5.74) is 0. The van der Waals surface area contributed by atoms with Crippen LogP contribution < -0.4 is 4.74 Å². The highest BCUT2D eigenvalue weighted by Crippen LogP contribution is 2.35. The van der Waals surface area contributed by atoms with Gasteiger partial charge in [-0.1, -0.05) is 0 Å². The molecule has 0 N–H and O–H groups in total. The number of nitrogens with zero attached hydrogens (tertiary/aromatic N) is 2. The molecule has 3 fully saturated rings. The third-order valence-electron chi connectivity index (χ3n) is 6.28. The molecule has 3 aliphatic rings. The first-order chi connectivity index (χ1) is 14.0. The van der Waals surface area contributed by atoms with E-state index in [4.69, 9.17) is 9.47 Å². The number of amides is 1. The first kappa shape index (κ1) is 20.6. The van der Waals surface area contributed by atoms with Gasteiger partial charge in [0.1, 0.15) is 5.75 Å². The number of carbonyl (C=O) groups excluding carboxylic acids is 1. The van der Waals surface area contributed by atoms with E-state index in [1.54, 1.807) is 35.7 Å². The van der Waals surface area contributed by atoms with E-state index in [2.05, 4.69) is 4.90 Å². The molecule has 0 atom stereocenters. The number of hydrogen-bond donors (Lipinski definition) is 0. The van der Waals surface area contributed by atoms with Gasteiger partial charge in [0.15, 0.2) is 0 Å². The van der Waals surface area contributed by atoms with Gasteiger partial charge in [-0.2, -0.15) is 4.31 Å². The molecule has 160 valence electrons. The molecule has 0 bridgehead atoms. The number of ether oxygens (including phenoxy) is 2. The lowest BCUT2D eigenvalue weighted by molar-refractivity contribution is -0.141. The SMILES string of the molecule is COc1ccc(S(=O)(=O)N2CCC(N(C(=O)C3CC3)C3CCOCC3)CC2)cc1. The second-order valence-electron chi connectivity index (χ2n) is 8.17. The standard InChI is InChI=1S/C21H30N2O5S/c1-27-19-4-6-20(7-5-19)29(25,26)22-12-8-17(9-13-22)23(21(24)16-2-3-16)18-10-14-28-15-11-18/h4-7,16-18H,2-3,8-15H2,1H3. The van der Waals surface area contributed by atoms with Crippen LogP contribution in [0.5, 0.6) is 5.75 Å². The Morgan fingerprint density at radius 2 is 1.59 bits per heavy atom. The van der Waals surface area contributed by atoms with E-state index in [-0.39, 0.29) is 28.8 Å². The van der Waals surface area contributed by atoms with Crippen LogP contribution in [0.1, 0.15) is 38.5 Å². The van der Waals surface area contributed by atoms with Crippen LogP contribution in [-0.4, -0.2) is 69.0 Å². The smallest absolute Gasteiger partial charge is 0.243 e. The topological polar surface area (TPSA) is 76.2 Å². The highest BCUT2D eigenvalue weighted by molar-refractivity contribution is 7.89. The van der Waals surface area contributed by atoms with Crippen LogP contribution in [-0.2, 0) is 19.6 Å². The molecule has 7 nitrogen and oxygen atoms in total. The van der Waals surface area contributed by atoms with Crippen molar-refractivity contribution < 1.29 is 22.7 Å². The molecule has 0 aromatic heterocycles. The second-order valence-corrected chi connectivity index (χ2v) is 10.1. The fraction of sp³-hybridized carbons (Fsp3) is 0.667. The third kappa shape index (κ3) is 4.44. The van der Waals surface area contributed by atoms with Crippen molar-refractivity contribution >= 4 is 15.9 Å². The zero-order valence-electron chi connectivity index (χ0n) is 17.0. The van der Waals surface area contributed by atoms with Crippen LogP contribution >= 0.6 is 0 Å². The molecule has 2 saturated heterocycles. The molecule has 8 heteroatoms. The van der Waals surface area contributed by atoms with E-state index in [0.717, 1.165) is 25.7 Å². The van der Waals surface area contributed by atoms with Crippen LogP contribution in [0.15, 0.2) is 29.2 Å². The van der Waals surface area contributed by atoms with Crippen molar-refractivity contribution in [1.82, 2.24) is 9.21 Å². The molecule has 2 aliphatic heterocycles. The lowest BCUT2D eigenvalue weighted by atomic mass is 9.98. The summed E-state index contributed by atoms with van der Waals surface area (Å²) in [6.45, 7) is 2.28. The summed E-state index contributed by atoms with van der Waals surface area (Å²) < 4.78 is 38.2. The van der Waals surface area contributed by atoms with Gasteiger partial charge in [-0.05, 0) is 62.8 Å². The summed E-state index contributed by atoms with van der Waals surface area (Å²) in [6.07, 6.45) is 5.11. The van der Waals surface area contributed by atoms with Crippen LogP contribution in [0, 0.1) is 5.92 Å². The van der Waals surface area contributed by atoms with Crippen molar-refractivity contribution in [2.24, 2.45) is 5.92 Å². The fourth-order valence-corrected chi connectivity index (χ4v) is 5.89. The fourth-order valence-electron chi connectivity index (χ4n) is 4.42. The average molecular weight is 423 g/mol. The zero-order valence-corrected chi connectivity index (χ0v) is 17.8. The quantitative estimate of drug-likeness (QED) is 0.703. The number of benzene rings is 1. The van der Waals surface area contributed by atoms with Gasteiger partial charge in [0.05, 0.1) is 12.0 Å². The predicted octanol–water partition coefficient (Wildman–Crippen LogP) is 2.27. The maximum absolute atomic E-state index is 13.0. The summed E-state index contributed by atoms with van der Waals surface area (Å²) in [4.78, 5) is 15.4. The van der Waals surface area contributed by atoms with E-state index in [1.165, 1.54) is 0 Å². The van der Waals surface area contributed by atoms with Gasteiger partial charge in [-0.15, -0.1) is 0 Å². The minimum Gasteiger partial charge on any atom is -0.497 e. The minimum absolute atomic E-state index is 0.119. The maximum atomic E-state index is 13.0. The molecule has 1 aromatic rings. The number of sulfonamides is 1. The van der Waals surface area contributed by atoms with Gasteiger partial charge in [0.25, 0.3) is 0 Å². The molecule has 2 heterocycles.